The molecule has 0 bridgehead atoms. The Labute approximate surface area is 80.5 Å². The number of hydrogen-bond donors (Lipinski definition) is 2. The summed E-state index contributed by atoms with van der Waals surface area (Å²) in [5.41, 5.74) is 4.54. The van der Waals surface area contributed by atoms with Gasteiger partial charge in [0.05, 0.1) is 0 Å². The second kappa shape index (κ2) is 4.25. The molecule has 0 radical (unpaired) electrons. The summed E-state index contributed by atoms with van der Waals surface area (Å²) in [6, 6.07) is 0.479. The molecule has 2 aliphatic rings. The first kappa shape index (κ1) is 9.22. The molecular formula is C11H20N2. The van der Waals surface area contributed by atoms with Gasteiger partial charge in [-0.05, 0) is 38.0 Å². The molecule has 0 heterocycles. The predicted molar refractivity (Wildman–Crippen MR) is 55.0 cm³/mol. The normalized spacial score (nSPS) is 25.5. The maximum atomic E-state index is 5.59. The van der Waals surface area contributed by atoms with Crippen molar-refractivity contribution in [3.05, 3.63) is 11.6 Å². The second-order valence-electron chi connectivity index (χ2n) is 4.42. The summed E-state index contributed by atoms with van der Waals surface area (Å²) in [6.07, 6.45) is 11.8. The number of rotatable bonds is 4. The Morgan fingerprint density at radius 2 is 2.31 bits per heavy atom. The molecule has 2 heteroatoms. The molecule has 3 N–H and O–H groups in total. The molecule has 2 aliphatic carbocycles. The van der Waals surface area contributed by atoms with E-state index in [-0.39, 0.29) is 0 Å². The van der Waals surface area contributed by atoms with E-state index in [1.54, 1.807) is 5.57 Å². The van der Waals surface area contributed by atoms with E-state index in [2.05, 4.69) is 11.5 Å². The van der Waals surface area contributed by atoms with Crippen molar-refractivity contribution in [3.63, 3.8) is 0 Å². The van der Waals surface area contributed by atoms with Crippen LogP contribution in [-0.4, -0.2) is 6.04 Å². The number of nitrogens with two attached hydrogens (primary N) is 1. The van der Waals surface area contributed by atoms with Crippen LogP contribution in [0.5, 0.6) is 0 Å². The van der Waals surface area contributed by atoms with Crippen LogP contribution in [0.15, 0.2) is 11.6 Å². The van der Waals surface area contributed by atoms with Crippen molar-refractivity contribution in [3.8, 4) is 0 Å². The van der Waals surface area contributed by atoms with Crippen molar-refractivity contribution in [2.45, 2.75) is 51.0 Å². The monoisotopic (exact) mass is 180 g/mol. The molecule has 2 rings (SSSR count). The zero-order valence-electron chi connectivity index (χ0n) is 8.26. The molecule has 0 aromatic rings. The van der Waals surface area contributed by atoms with Gasteiger partial charge in [-0.3, -0.25) is 11.3 Å². The molecule has 1 fully saturated rings. The van der Waals surface area contributed by atoms with Crippen molar-refractivity contribution in [2.75, 3.05) is 0 Å². The van der Waals surface area contributed by atoms with E-state index >= 15 is 0 Å². The Morgan fingerprint density at radius 3 is 2.85 bits per heavy atom. The van der Waals surface area contributed by atoms with Crippen molar-refractivity contribution >= 4 is 0 Å². The van der Waals surface area contributed by atoms with Crippen LogP contribution in [0.1, 0.15) is 44.9 Å². The average Bonchev–Trinajstić information content (AvgIpc) is 2.99. The van der Waals surface area contributed by atoms with E-state index in [4.69, 9.17) is 5.84 Å². The van der Waals surface area contributed by atoms with Crippen LogP contribution < -0.4 is 11.3 Å². The SMILES string of the molecule is NNC(CC1CC1)C1=CCCCC1. The van der Waals surface area contributed by atoms with Crippen molar-refractivity contribution in [1.29, 1.82) is 0 Å². The molecule has 2 nitrogen and oxygen atoms in total. The quantitative estimate of drug-likeness (QED) is 0.395. The molecule has 0 aromatic carbocycles. The first-order chi connectivity index (χ1) is 6.40. The van der Waals surface area contributed by atoms with Gasteiger partial charge in [0.2, 0.25) is 0 Å². The molecule has 13 heavy (non-hydrogen) atoms. The van der Waals surface area contributed by atoms with Crippen molar-refractivity contribution < 1.29 is 0 Å². The van der Waals surface area contributed by atoms with Crippen LogP contribution in [0.25, 0.3) is 0 Å². The lowest BCUT2D eigenvalue weighted by Crippen LogP contribution is -2.37. The first-order valence-electron chi connectivity index (χ1n) is 5.55. The fraction of sp³-hybridized carbons (Fsp3) is 0.818. The van der Waals surface area contributed by atoms with Crippen LogP contribution >= 0.6 is 0 Å². The Kier molecular flexibility index (Phi) is 3.01. The van der Waals surface area contributed by atoms with Crippen LogP contribution in [-0.2, 0) is 0 Å². The van der Waals surface area contributed by atoms with E-state index < -0.39 is 0 Å². The van der Waals surface area contributed by atoms with Crippen molar-refractivity contribution in [2.24, 2.45) is 11.8 Å². The van der Waals surface area contributed by atoms with E-state index in [0.717, 1.165) is 5.92 Å². The third-order valence-electron chi connectivity index (χ3n) is 3.24. The Bertz CT molecular complexity index is 194. The van der Waals surface area contributed by atoms with Crippen LogP contribution in [0, 0.1) is 5.92 Å². The highest BCUT2D eigenvalue weighted by Gasteiger charge is 2.26. The fourth-order valence-corrected chi connectivity index (χ4v) is 2.19. The lowest BCUT2D eigenvalue weighted by molar-refractivity contribution is 0.492. The number of nitrogens with one attached hydrogen (secondary N) is 1. The molecular weight excluding hydrogens is 160 g/mol. The lowest BCUT2D eigenvalue weighted by Gasteiger charge is -2.22. The Balaban J connectivity index is 1.89. The second-order valence-corrected chi connectivity index (χ2v) is 4.42. The smallest absolute Gasteiger partial charge is 0.0422 e. The van der Waals surface area contributed by atoms with E-state index in [0.29, 0.717) is 6.04 Å². The van der Waals surface area contributed by atoms with Gasteiger partial charge in [-0.2, -0.15) is 0 Å². The molecule has 1 saturated carbocycles. The summed E-state index contributed by atoms with van der Waals surface area (Å²) in [5.74, 6) is 6.55. The van der Waals surface area contributed by atoms with Gasteiger partial charge in [0.1, 0.15) is 0 Å². The van der Waals surface area contributed by atoms with Gasteiger partial charge in [0.15, 0.2) is 0 Å². The summed E-state index contributed by atoms with van der Waals surface area (Å²) < 4.78 is 0. The molecule has 0 saturated heterocycles. The Morgan fingerprint density at radius 1 is 1.46 bits per heavy atom. The third kappa shape index (κ3) is 2.55. The van der Waals surface area contributed by atoms with Crippen molar-refractivity contribution in [1.82, 2.24) is 5.43 Å². The van der Waals surface area contributed by atoms with Crippen LogP contribution in [0.3, 0.4) is 0 Å². The largest absolute Gasteiger partial charge is 0.271 e. The molecule has 74 valence electrons. The summed E-state index contributed by atoms with van der Waals surface area (Å²) >= 11 is 0. The fourth-order valence-electron chi connectivity index (χ4n) is 2.19. The van der Waals surface area contributed by atoms with E-state index in [1.807, 2.05) is 0 Å². The van der Waals surface area contributed by atoms with Gasteiger partial charge in [-0.25, -0.2) is 0 Å². The molecule has 0 aromatic heterocycles. The summed E-state index contributed by atoms with van der Waals surface area (Å²) in [4.78, 5) is 0. The number of hydrazine groups is 1. The van der Waals surface area contributed by atoms with Gasteiger partial charge in [0.25, 0.3) is 0 Å². The molecule has 0 spiro atoms. The minimum Gasteiger partial charge on any atom is -0.271 e. The van der Waals surface area contributed by atoms with Gasteiger partial charge < -0.3 is 0 Å². The number of hydrogen-bond acceptors (Lipinski definition) is 2. The summed E-state index contributed by atoms with van der Waals surface area (Å²) in [6.45, 7) is 0. The summed E-state index contributed by atoms with van der Waals surface area (Å²) in [7, 11) is 0. The van der Waals surface area contributed by atoms with Gasteiger partial charge in [-0.1, -0.05) is 24.5 Å². The predicted octanol–water partition coefficient (Wildman–Crippen LogP) is 2.12. The average molecular weight is 180 g/mol. The van der Waals surface area contributed by atoms with Gasteiger partial charge in [0, 0.05) is 6.04 Å². The molecule has 1 atom stereocenters. The van der Waals surface area contributed by atoms with Crippen LogP contribution in [0.4, 0.5) is 0 Å². The molecule has 1 unspecified atom stereocenters. The number of allylic oxidation sites excluding steroid dienone is 1. The van der Waals surface area contributed by atoms with Gasteiger partial charge >= 0.3 is 0 Å². The maximum Gasteiger partial charge on any atom is 0.0422 e. The lowest BCUT2D eigenvalue weighted by atomic mass is 9.91. The molecule has 0 amide bonds. The summed E-state index contributed by atoms with van der Waals surface area (Å²) in [5, 5.41) is 0. The minimum atomic E-state index is 0.479. The molecule has 0 aliphatic heterocycles. The highest BCUT2D eigenvalue weighted by Crippen LogP contribution is 2.36. The standard InChI is InChI=1S/C11H20N2/c12-13-11(8-9-6-7-9)10-4-2-1-3-5-10/h4,9,11,13H,1-3,5-8,12H2. The maximum absolute atomic E-state index is 5.59. The van der Waals surface area contributed by atoms with E-state index in [1.165, 1.54) is 44.9 Å². The highest BCUT2D eigenvalue weighted by molar-refractivity contribution is 5.13. The van der Waals surface area contributed by atoms with E-state index in [9.17, 15) is 0 Å². The van der Waals surface area contributed by atoms with Crippen LogP contribution in [0.2, 0.25) is 0 Å². The highest BCUT2D eigenvalue weighted by atomic mass is 15.2. The van der Waals surface area contributed by atoms with Gasteiger partial charge in [-0.15, -0.1) is 0 Å². The topological polar surface area (TPSA) is 38.0 Å². The Hall–Kier alpha value is -0.340. The zero-order valence-corrected chi connectivity index (χ0v) is 8.26. The zero-order chi connectivity index (χ0) is 9.10. The third-order valence-corrected chi connectivity index (χ3v) is 3.24. The first-order valence-corrected chi connectivity index (χ1v) is 5.55. The minimum absolute atomic E-state index is 0.479.